The van der Waals surface area contributed by atoms with Gasteiger partial charge in [0, 0.05) is 29.2 Å². The van der Waals surface area contributed by atoms with Gasteiger partial charge in [-0.25, -0.2) is 4.98 Å². The highest BCUT2D eigenvalue weighted by Gasteiger charge is 2.33. The summed E-state index contributed by atoms with van der Waals surface area (Å²) in [5.74, 6) is 0.281. The number of hydrogen-bond donors (Lipinski definition) is 2. The highest BCUT2D eigenvalue weighted by atomic mass is 16.2. The van der Waals surface area contributed by atoms with E-state index in [0.29, 0.717) is 5.82 Å². The van der Waals surface area contributed by atoms with Gasteiger partial charge in [-0.15, -0.1) is 0 Å². The molecule has 2 N–H and O–H groups in total. The fraction of sp³-hybridized carbons (Fsp3) is 0.200. The summed E-state index contributed by atoms with van der Waals surface area (Å²) in [7, 11) is 0. The first-order valence-corrected chi connectivity index (χ1v) is 9.94. The first-order valence-electron chi connectivity index (χ1n) is 9.94. The molecule has 2 heterocycles. The lowest BCUT2D eigenvalue weighted by atomic mass is 9.77. The minimum absolute atomic E-state index is 0.00774. The molecule has 2 atom stereocenters. The molecule has 2 unspecified atom stereocenters. The molecule has 2 aromatic heterocycles. The van der Waals surface area contributed by atoms with Crippen molar-refractivity contribution in [3.05, 3.63) is 96.4 Å². The van der Waals surface area contributed by atoms with Crippen LogP contribution >= 0.6 is 0 Å². The van der Waals surface area contributed by atoms with Crippen molar-refractivity contribution >= 4 is 22.6 Å². The van der Waals surface area contributed by atoms with Gasteiger partial charge in [-0.2, -0.15) is 0 Å². The van der Waals surface area contributed by atoms with Crippen molar-refractivity contribution in [2.75, 3.05) is 5.32 Å². The molecule has 4 heteroatoms. The van der Waals surface area contributed by atoms with Crippen molar-refractivity contribution in [2.45, 2.75) is 19.8 Å². The SMILES string of the molecule is Cc1ccnc(NC(=O)C(C2C=CC=CC=C2)C(C)c2c[nH]c3ccccc23)c1. The molecule has 0 saturated heterocycles. The van der Waals surface area contributed by atoms with Crippen LogP contribution in [0.1, 0.15) is 24.0 Å². The molecule has 1 aliphatic rings. The normalized spacial score (nSPS) is 15.9. The van der Waals surface area contributed by atoms with Crippen LogP contribution in [0.4, 0.5) is 5.82 Å². The Kier molecular flexibility index (Phi) is 5.43. The zero-order valence-corrected chi connectivity index (χ0v) is 16.7. The molecule has 3 aromatic rings. The molecular weight excluding hydrogens is 358 g/mol. The molecule has 146 valence electrons. The number of aromatic amines is 1. The maximum Gasteiger partial charge on any atom is 0.230 e. The molecule has 0 bridgehead atoms. The molecule has 0 fully saturated rings. The zero-order chi connectivity index (χ0) is 20.2. The lowest BCUT2D eigenvalue weighted by molar-refractivity contribution is -0.121. The van der Waals surface area contributed by atoms with E-state index in [9.17, 15) is 4.79 Å². The van der Waals surface area contributed by atoms with E-state index in [1.165, 1.54) is 0 Å². The number of hydrogen-bond acceptors (Lipinski definition) is 2. The third-order valence-electron chi connectivity index (χ3n) is 5.53. The monoisotopic (exact) mass is 383 g/mol. The zero-order valence-electron chi connectivity index (χ0n) is 16.7. The van der Waals surface area contributed by atoms with Gasteiger partial charge in [-0.1, -0.05) is 61.6 Å². The number of benzene rings is 1. The van der Waals surface area contributed by atoms with Crippen LogP contribution in [0.3, 0.4) is 0 Å². The van der Waals surface area contributed by atoms with E-state index in [2.05, 4.69) is 46.5 Å². The summed E-state index contributed by atoms with van der Waals surface area (Å²) < 4.78 is 0. The van der Waals surface area contributed by atoms with E-state index in [1.807, 2.05) is 61.7 Å². The summed E-state index contributed by atoms with van der Waals surface area (Å²) in [6, 6.07) is 12.0. The summed E-state index contributed by atoms with van der Waals surface area (Å²) in [6.45, 7) is 4.12. The molecule has 1 amide bonds. The standard InChI is InChI=1S/C25H25N3O/c1-17-13-14-26-23(15-17)28-25(29)24(19-9-5-3-4-6-10-19)18(2)21-16-27-22-12-8-7-11-20(21)22/h3-16,18-19,24,27H,1-2H3,(H,26,28,29). The largest absolute Gasteiger partial charge is 0.361 e. The van der Waals surface area contributed by atoms with Gasteiger partial charge in [0.25, 0.3) is 0 Å². The molecule has 0 radical (unpaired) electrons. The van der Waals surface area contributed by atoms with Gasteiger partial charge in [0.1, 0.15) is 5.82 Å². The quantitative estimate of drug-likeness (QED) is 0.609. The average molecular weight is 383 g/mol. The lowest BCUT2D eigenvalue weighted by Crippen LogP contribution is -2.32. The van der Waals surface area contributed by atoms with Gasteiger partial charge in [0.15, 0.2) is 0 Å². The third-order valence-corrected chi connectivity index (χ3v) is 5.53. The van der Waals surface area contributed by atoms with Crippen molar-refractivity contribution in [3.8, 4) is 0 Å². The second kappa shape index (κ2) is 8.31. The van der Waals surface area contributed by atoms with E-state index in [-0.39, 0.29) is 23.7 Å². The lowest BCUT2D eigenvalue weighted by Gasteiger charge is -2.27. The predicted molar refractivity (Wildman–Crippen MR) is 119 cm³/mol. The van der Waals surface area contributed by atoms with Crippen molar-refractivity contribution in [3.63, 3.8) is 0 Å². The van der Waals surface area contributed by atoms with E-state index >= 15 is 0 Å². The number of nitrogens with one attached hydrogen (secondary N) is 2. The van der Waals surface area contributed by atoms with Crippen LogP contribution in [0, 0.1) is 18.8 Å². The maximum absolute atomic E-state index is 13.5. The highest BCUT2D eigenvalue weighted by Crippen LogP contribution is 2.36. The summed E-state index contributed by atoms with van der Waals surface area (Å²) in [6.07, 6.45) is 15.9. The fourth-order valence-corrected chi connectivity index (χ4v) is 4.03. The Hall–Kier alpha value is -3.40. The topological polar surface area (TPSA) is 57.8 Å². The van der Waals surface area contributed by atoms with Crippen molar-refractivity contribution in [1.82, 2.24) is 9.97 Å². The number of anilines is 1. The Morgan fingerprint density at radius 2 is 1.86 bits per heavy atom. The predicted octanol–water partition coefficient (Wildman–Crippen LogP) is 5.53. The number of rotatable bonds is 5. The number of amides is 1. The van der Waals surface area contributed by atoms with Crippen LogP contribution in [0.5, 0.6) is 0 Å². The molecule has 0 aliphatic heterocycles. The fourth-order valence-electron chi connectivity index (χ4n) is 4.03. The summed E-state index contributed by atoms with van der Waals surface area (Å²) in [5, 5.41) is 4.20. The van der Waals surface area contributed by atoms with Crippen LogP contribution < -0.4 is 5.32 Å². The molecule has 1 aromatic carbocycles. The van der Waals surface area contributed by atoms with Crippen molar-refractivity contribution in [2.24, 2.45) is 11.8 Å². The van der Waals surface area contributed by atoms with E-state index in [4.69, 9.17) is 0 Å². The number of fused-ring (bicyclic) bond motifs is 1. The Balaban J connectivity index is 1.70. The number of carbonyl (C=O) groups is 1. The van der Waals surface area contributed by atoms with Crippen LogP contribution in [0.15, 0.2) is 85.2 Å². The number of nitrogens with zero attached hydrogens (tertiary/aromatic N) is 1. The Morgan fingerprint density at radius 3 is 2.62 bits per heavy atom. The molecule has 29 heavy (non-hydrogen) atoms. The third kappa shape index (κ3) is 4.06. The highest BCUT2D eigenvalue weighted by molar-refractivity contribution is 5.94. The second-order valence-corrected chi connectivity index (χ2v) is 7.54. The second-order valence-electron chi connectivity index (χ2n) is 7.54. The summed E-state index contributed by atoms with van der Waals surface area (Å²) in [4.78, 5) is 21.1. The van der Waals surface area contributed by atoms with Crippen LogP contribution in [0.25, 0.3) is 10.9 Å². The van der Waals surface area contributed by atoms with Gasteiger partial charge in [-0.3, -0.25) is 4.79 Å². The number of aryl methyl sites for hydroxylation is 1. The van der Waals surface area contributed by atoms with Gasteiger partial charge in [0.05, 0.1) is 5.92 Å². The minimum Gasteiger partial charge on any atom is -0.361 e. The van der Waals surface area contributed by atoms with Crippen LogP contribution in [-0.2, 0) is 4.79 Å². The van der Waals surface area contributed by atoms with Crippen LogP contribution in [-0.4, -0.2) is 15.9 Å². The van der Waals surface area contributed by atoms with Gasteiger partial charge in [-0.05, 0) is 42.2 Å². The number of allylic oxidation sites excluding steroid dienone is 6. The smallest absolute Gasteiger partial charge is 0.230 e. The van der Waals surface area contributed by atoms with Gasteiger partial charge in [0.2, 0.25) is 5.91 Å². The van der Waals surface area contributed by atoms with Crippen molar-refractivity contribution in [1.29, 1.82) is 0 Å². The Bertz CT molecular complexity index is 1090. The Morgan fingerprint density at radius 1 is 1.10 bits per heavy atom. The van der Waals surface area contributed by atoms with Crippen molar-refractivity contribution < 1.29 is 4.79 Å². The molecule has 4 nitrogen and oxygen atoms in total. The number of aromatic nitrogens is 2. The number of H-pyrrole nitrogens is 1. The first kappa shape index (κ1) is 18.9. The maximum atomic E-state index is 13.5. The van der Waals surface area contributed by atoms with E-state index < -0.39 is 0 Å². The number of carbonyl (C=O) groups excluding carboxylic acids is 1. The number of pyridine rings is 1. The van der Waals surface area contributed by atoms with Gasteiger partial charge >= 0.3 is 0 Å². The Labute approximate surface area is 171 Å². The molecule has 0 spiro atoms. The summed E-state index contributed by atoms with van der Waals surface area (Å²) >= 11 is 0. The van der Waals surface area contributed by atoms with Gasteiger partial charge < -0.3 is 10.3 Å². The first-order chi connectivity index (χ1) is 14.1. The molecule has 1 aliphatic carbocycles. The average Bonchev–Trinajstić information content (AvgIpc) is 2.96. The minimum atomic E-state index is -0.274. The molecule has 4 rings (SSSR count). The molecular formula is C25H25N3O. The van der Waals surface area contributed by atoms with E-state index in [1.54, 1.807) is 6.20 Å². The van der Waals surface area contributed by atoms with E-state index in [0.717, 1.165) is 22.0 Å². The summed E-state index contributed by atoms with van der Waals surface area (Å²) in [5.41, 5.74) is 3.30. The van der Waals surface area contributed by atoms with Crippen LogP contribution in [0.2, 0.25) is 0 Å². The molecule has 0 saturated carbocycles. The number of para-hydroxylation sites is 1.